The second kappa shape index (κ2) is 3.83. The van der Waals surface area contributed by atoms with Gasteiger partial charge >= 0.3 is 11.4 Å². The molecule has 2 heterocycles. The summed E-state index contributed by atoms with van der Waals surface area (Å²) in [6, 6.07) is 0. The Hall–Kier alpha value is -1.30. The van der Waals surface area contributed by atoms with E-state index in [1.165, 1.54) is 4.57 Å². The zero-order chi connectivity index (χ0) is 9.97. The molecule has 0 radical (unpaired) electrons. The number of piperidine rings is 1. The Morgan fingerprint density at radius 2 is 1.71 bits per heavy atom. The van der Waals surface area contributed by atoms with Crippen LogP contribution in [0, 0.1) is 5.92 Å². The predicted molar refractivity (Wildman–Crippen MR) is 51.3 cm³/mol. The standard InChI is InChI=1S/C8H14N4O2/c13-7-10-11-8(14)12(7)5-6-1-3-9-4-2-6/h6,9H,1-5H2,(H,10,13)(H,11,14). The first-order valence-electron chi connectivity index (χ1n) is 4.85. The molecule has 0 amide bonds. The molecule has 1 aromatic heterocycles. The molecule has 0 aliphatic carbocycles. The number of hydrogen-bond acceptors (Lipinski definition) is 3. The predicted octanol–water partition coefficient (Wildman–Crippen LogP) is -1.14. The molecule has 6 heteroatoms. The summed E-state index contributed by atoms with van der Waals surface area (Å²) >= 11 is 0. The molecule has 1 fully saturated rings. The number of hydrogen-bond donors (Lipinski definition) is 3. The lowest BCUT2D eigenvalue weighted by Gasteiger charge is -2.21. The molecule has 14 heavy (non-hydrogen) atoms. The summed E-state index contributed by atoms with van der Waals surface area (Å²) in [6.07, 6.45) is 2.05. The molecule has 0 unspecified atom stereocenters. The van der Waals surface area contributed by atoms with Gasteiger partial charge in [0.2, 0.25) is 0 Å². The van der Waals surface area contributed by atoms with Crippen LogP contribution in [-0.4, -0.2) is 27.9 Å². The van der Waals surface area contributed by atoms with E-state index in [4.69, 9.17) is 0 Å². The maximum absolute atomic E-state index is 11.2. The van der Waals surface area contributed by atoms with Crippen molar-refractivity contribution in [2.24, 2.45) is 5.92 Å². The van der Waals surface area contributed by atoms with Crippen molar-refractivity contribution in [1.82, 2.24) is 20.1 Å². The lowest BCUT2D eigenvalue weighted by Crippen LogP contribution is -2.35. The van der Waals surface area contributed by atoms with Crippen LogP contribution in [0.2, 0.25) is 0 Å². The molecular formula is C8H14N4O2. The number of nitrogens with one attached hydrogen (secondary N) is 3. The molecule has 3 N–H and O–H groups in total. The molecule has 0 aromatic carbocycles. The SMILES string of the molecule is O=c1[nH][nH]c(=O)n1CC1CCNCC1. The summed E-state index contributed by atoms with van der Waals surface area (Å²) in [5, 5.41) is 7.80. The van der Waals surface area contributed by atoms with E-state index in [9.17, 15) is 9.59 Å². The minimum atomic E-state index is -0.339. The van der Waals surface area contributed by atoms with Crippen molar-refractivity contribution >= 4 is 0 Å². The summed E-state index contributed by atoms with van der Waals surface area (Å²) in [7, 11) is 0. The monoisotopic (exact) mass is 198 g/mol. The maximum Gasteiger partial charge on any atom is 0.344 e. The topological polar surface area (TPSA) is 82.7 Å². The van der Waals surface area contributed by atoms with Crippen molar-refractivity contribution in [3.8, 4) is 0 Å². The first-order valence-corrected chi connectivity index (χ1v) is 4.85. The number of aromatic amines is 2. The van der Waals surface area contributed by atoms with Gasteiger partial charge in [0, 0.05) is 6.54 Å². The van der Waals surface area contributed by atoms with Crippen LogP contribution in [0.15, 0.2) is 9.59 Å². The Balaban J connectivity index is 2.09. The molecule has 2 rings (SSSR count). The van der Waals surface area contributed by atoms with Crippen molar-refractivity contribution in [1.29, 1.82) is 0 Å². The highest BCUT2D eigenvalue weighted by Crippen LogP contribution is 2.11. The van der Waals surface area contributed by atoms with Gasteiger partial charge in [-0.25, -0.2) is 24.4 Å². The van der Waals surface area contributed by atoms with Gasteiger partial charge in [-0.05, 0) is 31.8 Å². The Bertz CT molecular complexity index is 368. The highest BCUT2D eigenvalue weighted by Gasteiger charge is 2.15. The van der Waals surface area contributed by atoms with E-state index in [0.717, 1.165) is 25.9 Å². The van der Waals surface area contributed by atoms with Crippen LogP contribution in [-0.2, 0) is 6.54 Å². The molecule has 0 bridgehead atoms. The lowest BCUT2D eigenvalue weighted by molar-refractivity contribution is 0.327. The van der Waals surface area contributed by atoms with Crippen LogP contribution < -0.4 is 16.7 Å². The number of rotatable bonds is 2. The zero-order valence-electron chi connectivity index (χ0n) is 7.88. The summed E-state index contributed by atoms with van der Waals surface area (Å²) in [5.41, 5.74) is -0.679. The van der Waals surface area contributed by atoms with E-state index in [2.05, 4.69) is 15.5 Å². The van der Waals surface area contributed by atoms with Crippen LogP contribution in [0.3, 0.4) is 0 Å². The van der Waals surface area contributed by atoms with Crippen LogP contribution in [0.1, 0.15) is 12.8 Å². The van der Waals surface area contributed by atoms with Gasteiger partial charge in [-0.3, -0.25) is 0 Å². The Labute approximate surface area is 80.3 Å². The van der Waals surface area contributed by atoms with E-state index >= 15 is 0 Å². The minimum Gasteiger partial charge on any atom is -0.317 e. The summed E-state index contributed by atoms with van der Waals surface area (Å²) in [6.45, 7) is 2.48. The van der Waals surface area contributed by atoms with Gasteiger partial charge in [0.25, 0.3) is 0 Å². The van der Waals surface area contributed by atoms with Gasteiger partial charge < -0.3 is 5.32 Å². The van der Waals surface area contributed by atoms with E-state index in [1.54, 1.807) is 0 Å². The second-order valence-electron chi connectivity index (χ2n) is 3.66. The first-order chi connectivity index (χ1) is 6.77. The van der Waals surface area contributed by atoms with E-state index in [-0.39, 0.29) is 11.4 Å². The van der Waals surface area contributed by atoms with Crippen molar-refractivity contribution < 1.29 is 0 Å². The summed E-state index contributed by atoms with van der Waals surface area (Å²) < 4.78 is 1.23. The molecule has 0 spiro atoms. The van der Waals surface area contributed by atoms with Gasteiger partial charge in [-0.1, -0.05) is 0 Å². The summed E-state index contributed by atoms with van der Waals surface area (Å²) in [4.78, 5) is 22.3. The van der Waals surface area contributed by atoms with Crippen LogP contribution >= 0.6 is 0 Å². The van der Waals surface area contributed by atoms with Gasteiger partial charge in [-0.15, -0.1) is 0 Å². The largest absolute Gasteiger partial charge is 0.344 e. The third kappa shape index (κ3) is 1.79. The molecule has 1 aromatic rings. The fourth-order valence-corrected chi connectivity index (χ4v) is 1.82. The number of nitrogens with zero attached hydrogens (tertiary/aromatic N) is 1. The average Bonchev–Trinajstić information content (AvgIpc) is 2.51. The fraction of sp³-hybridized carbons (Fsp3) is 0.750. The number of aromatic nitrogens is 3. The third-order valence-electron chi connectivity index (χ3n) is 2.67. The van der Waals surface area contributed by atoms with Gasteiger partial charge in [0.1, 0.15) is 0 Å². The molecule has 6 nitrogen and oxygen atoms in total. The minimum absolute atomic E-state index is 0.339. The molecule has 0 saturated carbocycles. The normalized spacial score (nSPS) is 18.6. The van der Waals surface area contributed by atoms with Gasteiger partial charge in [0.15, 0.2) is 0 Å². The molecule has 1 aliphatic heterocycles. The Kier molecular flexibility index (Phi) is 2.53. The molecular weight excluding hydrogens is 184 g/mol. The van der Waals surface area contributed by atoms with E-state index < -0.39 is 0 Å². The van der Waals surface area contributed by atoms with Crippen molar-refractivity contribution in [2.75, 3.05) is 13.1 Å². The smallest absolute Gasteiger partial charge is 0.317 e. The highest BCUT2D eigenvalue weighted by atomic mass is 16.2. The molecule has 0 atom stereocenters. The zero-order valence-corrected chi connectivity index (χ0v) is 7.88. The molecule has 1 saturated heterocycles. The van der Waals surface area contributed by atoms with Crippen LogP contribution in [0.5, 0.6) is 0 Å². The Morgan fingerprint density at radius 1 is 1.14 bits per heavy atom. The summed E-state index contributed by atoms with van der Waals surface area (Å²) in [5.74, 6) is 0.436. The fourth-order valence-electron chi connectivity index (χ4n) is 1.82. The third-order valence-corrected chi connectivity index (χ3v) is 2.67. The van der Waals surface area contributed by atoms with Crippen LogP contribution in [0.4, 0.5) is 0 Å². The van der Waals surface area contributed by atoms with Crippen molar-refractivity contribution in [2.45, 2.75) is 19.4 Å². The number of H-pyrrole nitrogens is 2. The Morgan fingerprint density at radius 3 is 2.29 bits per heavy atom. The van der Waals surface area contributed by atoms with Gasteiger partial charge in [0.05, 0.1) is 0 Å². The van der Waals surface area contributed by atoms with Crippen LogP contribution in [0.25, 0.3) is 0 Å². The highest BCUT2D eigenvalue weighted by molar-refractivity contribution is 4.73. The van der Waals surface area contributed by atoms with E-state index in [0.29, 0.717) is 12.5 Å². The second-order valence-corrected chi connectivity index (χ2v) is 3.66. The lowest BCUT2D eigenvalue weighted by atomic mass is 9.98. The molecule has 78 valence electrons. The van der Waals surface area contributed by atoms with Crippen molar-refractivity contribution in [3.05, 3.63) is 21.0 Å². The van der Waals surface area contributed by atoms with E-state index in [1.807, 2.05) is 0 Å². The van der Waals surface area contributed by atoms with Crippen molar-refractivity contribution in [3.63, 3.8) is 0 Å². The quantitative estimate of drug-likeness (QED) is 0.562. The molecule has 1 aliphatic rings. The average molecular weight is 198 g/mol. The first kappa shape index (κ1) is 9.26. The van der Waals surface area contributed by atoms with Gasteiger partial charge in [-0.2, -0.15) is 0 Å². The maximum atomic E-state index is 11.2.